The fraction of sp³-hybridized carbons (Fsp3) is 0.368. The monoisotopic (exact) mass is 432 g/mol. The van der Waals surface area contributed by atoms with E-state index in [0.717, 1.165) is 10.0 Å². The van der Waals surface area contributed by atoms with Crippen LogP contribution in [0.5, 0.6) is 0 Å². The number of rotatable bonds is 3. The SMILES string of the molecule is O=C(c1ccco1)N1CCN(C(=O)C2CNNC2c2cccc(Br)c2)CC1. The molecule has 3 heterocycles. The summed E-state index contributed by atoms with van der Waals surface area (Å²) in [5.41, 5.74) is 7.41. The quantitative estimate of drug-likeness (QED) is 0.772. The molecule has 1 aromatic carbocycles. The van der Waals surface area contributed by atoms with E-state index in [1.165, 1.54) is 6.26 Å². The third-order valence-corrected chi connectivity index (χ3v) is 5.61. The van der Waals surface area contributed by atoms with Gasteiger partial charge in [-0.1, -0.05) is 28.1 Å². The van der Waals surface area contributed by atoms with E-state index in [0.29, 0.717) is 38.5 Å². The molecule has 0 aliphatic carbocycles. The van der Waals surface area contributed by atoms with Gasteiger partial charge in [-0.3, -0.25) is 15.0 Å². The molecule has 2 N–H and O–H groups in total. The summed E-state index contributed by atoms with van der Waals surface area (Å²) in [6, 6.07) is 11.3. The maximum absolute atomic E-state index is 13.1. The average Bonchev–Trinajstić information content (AvgIpc) is 3.39. The second-order valence-corrected chi connectivity index (χ2v) is 7.67. The van der Waals surface area contributed by atoms with Gasteiger partial charge in [-0.15, -0.1) is 0 Å². The van der Waals surface area contributed by atoms with Crippen molar-refractivity contribution in [3.8, 4) is 0 Å². The molecule has 2 aromatic rings. The Kier molecular flexibility index (Phi) is 5.29. The van der Waals surface area contributed by atoms with Crippen molar-refractivity contribution >= 4 is 27.7 Å². The normalized spacial score (nSPS) is 22.9. The summed E-state index contributed by atoms with van der Waals surface area (Å²) in [6.45, 7) is 2.68. The van der Waals surface area contributed by atoms with Gasteiger partial charge < -0.3 is 14.2 Å². The van der Waals surface area contributed by atoms with Gasteiger partial charge in [0.25, 0.3) is 5.91 Å². The van der Waals surface area contributed by atoms with Crippen LogP contribution in [0.15, 0.2) is 51.6 Å². The summed E-state index contributed by atoms with van der Waals surface area (Å²) in [6.07, 6.45) is 1.50. The Morgan fingerprint density at radius 3 is 2.56 bits per heavy atom. The molecule has 142 valence electrons. The van der Waals surface area contributed by atoms with Crippen LogP contribution in [0.3, 0.4) is 0 Å². The van der Waals surface area contributed by atoms with Crippen LogP contribution < -0.4 is 10.9 Å². The molecule has 8 heteroatoms. The number of furan rings is 1. The van der Waals surface area contributed by atoms with Gasteiger partial charge in [0.2, 0.25) is 5.91 Å². The fourth-order valence-corrected chi connectivity index (χ4v) is 4.08. The zero-order valence-electron chi connectivity index (χ0n) is 14.7. The van der Waals surface area contributed by atoms with Gasteiger partial charge in [-0.05, 0) is 29.8 Å². The lowest BCUT2D eigenvalue weighted by atomic mass is 9.93. The van der Waals surface area contributed by atoms with Crippen LogP contribution in [-0.4, -0.2) is 54.3 Å². The Balaban J connectivity index is 1.39. The Hall–Kier alpha value is -2.16. The molecular formula is C19H21BrN4O3. The summed E-state index contributed by atoms with van der Waals surface area (Å²) in [7, 11) is 0. The van der Waals surface area contributed by atoms with Crippen molar-refractivity contribution in [2.75, 3.05) is 32.7 Å². The first-order valence-corrected chi connectivity index (χ1v) is 9.78. The van der Waals surface area contributed by atoms with E-state index in [1.54, 1.807) is 17.0 Å². The van der Waals surface area contributed by atoms with Gasteiger partial charge in [0, 0.05) is 37.2 Å². The van der Waals surface area contributed by atoms with E-state index in [-0.39, 0.29) is 23.8 Å². The summed E-state index contributed by atoms with van der Waals surface area (Å²) in [4.78, 5) is 29.0. The molecule has 1 aromatic heterocycles. The minimum atomic E-state index is -0.174. The topological polar surface area (TPSA) is 77.8 Å². The Labute approximate surface area is 165 Å². The predicted molar refractivity (Wildman–Crippen MR) is 103 cm³/mol. The van der Waals surface area contributed by atoms with E-state index in [9.17, 15) is 9.59 Å². The molecule has 4 rings (SSSR count). The lowest BCUT2D eigenvalue weighted by Gasteiger charge is -2.36. The van der Waals surface area contributed by atoms with Gasteiger partial charge in [0.1, 0.15) is 0 Å². The third-order valence-electron chi connectivity index (χ3n) is 5.12. The lowest BCUT2D eigenvalue weighted by Crippen LogP contribution is -2.52. The van der Waals surface area contributed by atoms with Gasteiger partial charge in [-0.25, -0.2) is 5.43 Å². The summed E-state index contributed by atoms with van der Waals surface area (Å²) in [5, 5.41) is 0. The molecule has 2 aliphatic heterocycles. The average molecular weight is 433 g/mol. The first-order chi connectivity index (χ1) is 13.1. The van der Waals surface area contributed by atoms with E-state index < -0.39 is 0 Å². The van der Waals surface area contributed by atoms with E-state index >= 15 is 0 Å². The molecule has 0 saturated carbocycles. The van der Waals surface area contributed by atoms with Crippen LogP contribution >= 0.6 is 15.9 Å². The standard InChI is InChI=1S/C19H21BrN4O3/c20-14-4-1-3-13(11-14)17-15(12-21-22-17)18(25)23-6-8-24(9-7-23)19(26)16-5-2-10-27-16/h1-5,10-11,15,17,21-22H,6-9,12H2. The number of hydrogen-bond donors (Lipinski definition) is 2. The zero-order chi connectivity index (χ0) is 18.8. The summed E-state index contributed by atoms with van der Waals surface area (Å²) in [5.74, 6) is 0.159. The van der Waals surface area contributed by atoms with Gasteiger partial charge in [-0.2, -0.15) is 0 Å². The summed E-state index contributed by atoms with van der Waals surface area (Å²) >= 11 is 3.49. The van der Waals surface area contributed by atoms with Crippen molar-refractivity contribution in [3.63, 3.8) is 0 Å². The first kappa shape index (κ1) is 18.2. The highest BCUT2D eigenvalue weighted by atomic mass is 79.9. The van der Waals surface area contributed by atoms with Crippen molar-refractivity contribution in [2.24, 2.45) is 5.92 Å². The second-order valence-electron chi connectivity index (χ2n) is 6.76. The number of nitrogens with one attached hydrogen (secondary N) is 2. The molecule has 2 fully saturated rings. The van der Waals surface area contributed by atoms with Crippen LogP contribution in [0, 0.1) is 5.92 Å². The number of piperazine rings is 1. The highest BCUT2D eigenvalue weighted by Crippen LogP contribution is 2.28. The van der Waals surface area contributed by atoms with Crippen LogP contribution in [0.2, 0.25) is 0 Å². The highest BCUT2D eigenvalue weighted by molar-refractivity contribution is 9.10. The number of carbonyl (C=O) groups excluding carboxylic acids is 2. The van der Waals surface area contributed by atoms with Crippen LogP contribution in [0.1, 0.15) is 22.2 Å². The molecule has 2 saturated heterocycles. The molecule has 7 nitrogen and oxygen atoms in total. The van der Waals surface area contributed by atoms with E-state index in [2.05, 4.69) is 26.8 Å². The number of amides is 2. The largest absolute Gasteiger partial charge is 0.459 e. The Morgan fingerprint density at radius 2 is 1.85 bits per heavy atom. The zero-order valence-corrected chi connectivity index (χ0v) is 16.3. The van der Waals surface area contributed by atoms with Crippen molar-refractivity contribution < 1.29 is 14.0 Å². The van der Waals surface area contributed by atoms with E-state index in [4.69, 9.17) is 4.42 Å². The second kappa shape index (κ2) is 7.84. The van der Waals surface area contributed by atoms with Gasteiger partial charge in [0.05, 0.1) is 18.2 Å². The molecule has 2 atom stereocenters. The molecule has 2 aliphatic rings. The fourth-order valence-electron chi connectivity index (χ4n) is 3.66. The minimum Gasteiger partial charge on any atom is -0.459 e. The van der Waals surface area contributed by atoms with Gasteiger partial charge in [0.15, 0.2) is 5.76 Å². The molecule has 2 unspecified atom stereocenters. The van der Waals surface area contributed by atoms with Crippen molar-refractivity contribution in [1.82, 2.24) is 20.7 Å². The highest BCUT2D eigenvalue weighted by Gasteiger charge is 2.38. The summed E-state index contributed by atoms with van der Waals surface area (Å²) < 4.78 is 6.18. The third kappa shape index (κ3) is 3.78. The van der Waals surface area contributed by atoms with Crippen LogP contribution in [-0.2, 0) is 4.79 Å². The molecule has 2 amide bonds. The number of hydrogen-bond acceptors (Lipinski definition) is 5. The number of nitrogens with zero attached hydrogens (tertiary/aromatic N) is 2. The van der Waals surface area contributed by atoms with E-state index in [1.807, 2.05) is 29.2 Å². The molecule has 0 spiro atoms. The lowest BCUT2D eigenvalue weighted by molar-refractivity contribution is -0.137. The number of benzene rings is 1. The number of hydrazine groups is 1. The van der Waals surface area contributed by atoms with Crippen molar-refractivity contribution in [2.45, 2.75) is 6.04 Å². The molecule has 27 heavy (non-hydrogen) atoms. The number of halogens is 1. The first-order valence-electron chi connectivity index (χ1n) is 8.99. The van der Waals surface area contributed by atoms with Crippen molar-refractivity contribution in [1.29, 1.82) is 0 Å². The minimum absolute atomic E-state index is 0.0715. The Morgan fingerprint density at radius 1 is 1.07 bits per heavy atom. The Bertz CT molecular complexity index is 818. The molecule has 0 bridgehead atoms. The number of carbonyl (C=O) groups is 2. The smallest absolute Gasteiger partial charge is 0.289 e. The van der Waals surface area contributed by atoms with Crippen LogP contribution in [0.25, 0.3) is 0 Å². The van der Waals surface area contributed by atoms with Crippen molar-refractivity contribution in [3.05, 3.63) is 58.5 Å². The molecular weight excluding hydrogens is 412 g/mol. The molecule has 0 radical (unpaired) electrons. The van der Waals surface area contributed by atoms with Crippen LogP contribution in [0.4, 0.5) is 0 Å². The van der Waals surface area contributed by atoms with Gasteiger partial charge >= 0.3 is 0 Å². The maximum Gasteiger partial charge on any atom is 0.289 e. The predicted octanol–water partition coefficient (Wildman–Crippen LogP) is 1.79. The maximum atomic E-state index is 13.1.